The summed E-state index contributed by atoms with van der Waals surface area (Å²) < 4.78 is 0. The quantitative estimate of drug-likeness (QED) is 0.553. The fourth-order valence-corrected chi connectivity index (χ4v) is 1.21. The van der Waals surface area contributed by atoms with Crippen LogP contribution in [0.2, 0.25) is 0 Å². The largest absolute Gasteiger partial charge is 0.306 e. The highest BCUT2D eigenvalue weighted by molar-refractivity contribution is 5.44. The van der Waals surface area contributed by atoms with Crippen LogP contribution in [0, 0.1) is 25.7 Å². The van der Waals surface area contributed by atoms with E-state index in [4.69, 9.17) is 0 Å². The van der Waals surface area contributed by atoms with Crippen molar-refractivity contribution in [2.45, 2.75) is 20.8 Å². The summed E-state index contributed by atoms with van der Waals surface area (Å²) in [7, 11) is 0. The van der Waals surface area contributed by atoms with E-state index in [2.05, 4.69) is 56.1 Å². The smallest absolute Gasteiger partial charge is 0.0580 e. The number of hydrogen-bond donors (Lipinski definition) is 1. The fraction of sp³-hybridized carbons (Fsp3) is 0.385. The van der Waals surface area contributed by atoms with Crippen molar-refractivity contribution in [2.24, 2.45) is 0 Å². The Kier molecular flexibility index (Phi) is 4.22. The SMILES string of the molecule is CCNCC#Cc1cccc(C)c1C. The van der Waals surface area contributed by atoms with Crippen LogP contribution in [0.3, 0.4) is 0 Å². The van der Waals surface area contributed by atoms with Crippen molar-refractivity contribution in [3.63, 3.8) is 0 Å². The van der Waals surface area contributed by atoms with Crippen molar-refractivity contribution < 1.29 is 0 Å². The Bertz CT molecular complexity index is 355. The molecule has 0 saturated carbocycles. The molecule has 0 unspecified atom stereocenters. The van der Waals surface area contributed by atoms with Gasteiger partial charge in [-0.15, -0.1) is 0 Å². The maximum atomic E-state index is 3.18. The van der Waals surface area contributed by atoms with Gasteiger partial charge in [0.05, 0.1) is 6.54 Å². The lowest BCUT2D eigenvalue weighted by Crippen LogP contribution is -2.11. The maximum Gasteiger partial charge on any atom is 0.0580 e. The van der Waals surface area contributed by atoms with Crippen LogP contribution in [0.5, 0.6) is 0 Å². The van der Waals surface area contributed by atoms with Gasteiger partial charge in [-0.1, -0.05) is 30.9 Å². The summed E-state index contributed by atoms with van der Waals surface area (Å²) in [4.78, 5) is 0. The summed E-state index contributed by atoms with van der Waals surface area (Å²) in [6.45, 7) is 8.06. The van der Waals surface area contributed by atoms with Crippen molar-refractivity contribution in [3.8, 4) is 11.8 Å². The highest BCUT2D eigenvalue weighted by atomic mass is 14.8. The molecule has 0 heterocycles. The minimum atomic E-state index is 0.768. The molecule has 0 radical (unpaired) electrons. The molecular weight excluding hydrogens is 170 g/mol. The Morgan fingerprint density at radius 3 is 2.79 bits per heavy atom. The lowest BCUT2D eigenvalue weighted by atomic mass is 10.0. The summed E-state index contributed by atoms with van der Waals surface area (Å²) in [6, 6.07) is 6.24. The zero-order valence-corrected chi connectivity index (χ0v) is 9.15. The predicted molar refractivity (Wildman–Crippen MR) is 61.3 cm³/mol. The highest BCUT2D eigenvalue weighted by Gasteiger charge is 1.95. The van der Waals surface area contributed by atoms with E-state index in [-0.39, 0.29) is 0 Å². The molecule has 0 aliphatic rings. The van der Waals surface area contributed by atoms with E-state index >= 15 is 0 Å². The maximum absolute atomic E-state index is 3.18. The summed E-state index contributed by atoms with van der Waals surface area (Å²) >= 11 is 0. The number of nitrogens with one attached hydrogen (secondary N) is 1. The Balaban J connectivity index is 2.74. The summed E-state index contributed by atoms with van der Waals surface area (Å²) in [5, 5.41) is 3.18. The van der Waals surface area contributed by atoms with Gasteiger partial charge in [0.2, 0.25) is 0 Å². The molecule has 0 bridgehead atoms. The van der Waals surface area contributed by atoms with Gasteiger partial charge in [0.25, 0.3) is 0 Å². The van der Waals surface area contributed by atoms with Crippen LogP contribution < -0.4 is 5.32 Å². The van der Waals surface area contributed by atoms with Crippen LogP contribution in [-0.2, 0) is 0 Å². The van der Waals surface area contributed by atoms with Gasteiger partial charge >= 0.3 is 0 Å². The van der Waals surface area contributed by atoms with Crippen LogP contribution in [-0.4, -0.2) is 13.1 Å². The molecule has 0 fully saturated rings. The van der Waals surface area contributed by atoms with Crippen LogP contribution in [0.1, 0.15) is 23.6 Å². The van der Waals surface area contributed by atoms with Crippen LogP contribution >= 0.6 is 0 Å². The van der Waals surface area contributed by atoms with Gasteiger partial charge in [0, 0.05) is 5.56 Å². The molecule has 14 heavy (non-hydrogen) atoms. The van der Waals surface area contributed by atoms with Crippen molar-refractivity contribution >= 4 is 0 Å². The Hall–Kier alpha value is -1.26. The molecule has 1 aromatic carbocycles. The lowest BCUT2D eigenvalue weighted by molar-refractivity contribution is 0.811. The number of aryl methyl sites for hydroxylation is 1. The fourth-order valence-electron chi connectivity index (χ4n) is 1.21. The first-order chi connectivity index (χ1) is 6.75. The average molecular weight is 187 g/mol. The van der Waals surface area contributed by atoms with E-state index in [0.29, 0.717) is 0 Å². The second-order valence-corrected chi connectivity index (χ2v) is 3.33. The monoisotopic (exact) mass is 187 g/mol. The summed E-state index contributed by atoms with van der Waals surface area (Å²) in [5.74, 6) is 6.29. The van der Waals surface area contributed by atoms with Gasteiger partial charge in [0.1, 0.15) is 0 Å². The number of benzene rings is 1. The Labute approximate surface area is 86.5 Å². The van der Waals surface area contributed by atoms with E-state index in [1.807, 2.05) is 0 Å². The second-order valence-electron chi connectivity index (χ2n) is 3.33. The molecule has 1 heteroatoms. The molecule has 1 aromatic rings. The Morgan fingerprint density at radius 2 is 2.07 bits per heavy atom. The second kappa shape index (κ2) is 5.47. The Morgan fingerprint density at radius 1 is 1.29 bits per heavy atom. The van der Waals surface area contributed by atoms with E-state index in [0.717, 1.165) is 18.7 Å². The van der Waals surface area contributed by atoms with Gasteiger partial charge < -0.3 is 5.32 Å². The molecule has 0 aromatic heterocycles. The van der Waals surface area contributed by atoms with E-state index < -0.39 is 0 Å². The molecule has 1 rings (SSSR count). The van der Waals surface area contributed by atoms with Gasteiger partial charge in [-0.25, -0.2) is 0 Å². The first kappa shape index (κ1) is 10.8. The van der Waals surface area contributed by atoms with Gasteiger partial charge in [-0.2, -0.15) is 0 Å². The van der Waals surface area contributed by atoms with Crippen molar-refractivity contribution in [2.75, 3.05) is 13.1 Å². The molecule has 74 valence electrons. The molecule has 0 aliphatic heterocycles. The van der Waals surface area contributed by atoms with E-state index in [1.165, 1.54) is 11.1 Å². The standard InChI is InChI=1S/C13H17N/c1-4-14-10-6-9-13-8-5-7-11(2)12(13)3/h5,7-8,14H,4,10H2,1-3H3. The molecule has 0 amide bonds. The summed E-state index contributed by atoms with van der Waals surface area (Å²) in [6.07, 6.45) is 0. The lowest BCUT2D eigenvalue weighted by Gasteiger charge is -2.01. The first-order valence-electron chi connectivity index (χ1n) is 5.01. The minimum Gasteiger partial charge on any atom is -0.306 e. The molecule has 0 aliphatic carbocycles. The van der Waals surface area contributed by atoms with Crippen LogP contribution in [0.15, 0.2) is 18.2 Å². The number of hydrogen-bond acceptors (Lipinski definition) is 1. The van der Waals surface area contributed by atoms with Crippen molar-refractivity contribution in [1.82, 2.24) is 5.32 Å². The average Bonchev–Trinajstić information content (AvgIpc) is 2.19. The van der Waals surface area contributed by atoms with Crippen LogP contribution in [0.25, 0.3) is 0 Å². The predicted octanol–water partition coefficient (Wildman–Crippen LogP) is 2.26. The van der Waals surface area contributed by atoms with Gasteiger partial charge in [0.15, 0.2) is 0 Å². The van der Waals surface area contributed by atoms with Crippen LogP contribution in [0.4, 0.5) is 0 Å². The third-order valence-corrected chi connectivity index (χ3v) is 2.29. The van der Waals surface area contributed by atoms with E-state index in [1.54, 1.807) is 0 Å². The first-order valence-corrected chi connectivity index (χ1v) is 5.01. The highest BCUT2D eigenvalue weighted by Crippen LogP contribution is 2.10. The van der Waals surface area contributed by atoms with Gasteiger partial charge in [-0.05, 0) is 37.6 Å². The zero-order valence-electron chi connectivity index (χ0n) is 9.15. The summed E-state index contributed by atoms with van der Waals surface area (Å²) in [5.41, 5.74) is 3.74. The van der Waals surface area contributed by atoms with Crippen molar-refractivity contribution in [1.29, 1.82) is 0 Å². The van der Waals surface area contributed by atoms with Crippen molar-refractivity contribution in [3.05, 3.63) is 34.9 Å². The third-order valence-electron chi connectivity index (χ3n) is 2.29. The minimum absolute atomic E-state index is 0.768. The molecule has 0 spiro atoms. The molecule has 1 nitrogen and oxygen atoms in total. The topological polar surface area (TPSA) is 12.0 Å². The zero-order chi connectivity index (χ0) is 10.4. The normalized spacial score (nSPS) is 9.36. The third kappa shape index (κ3) is 2.90. The molecular formula is C13H17N. The molecule has 0 saturated heterocycles. The van der Waals surface area contributed by atoms with Gasteiger partial charge in [-0.3, -0.25) is 0 Å². The number of rotatable bonds is 2. The molecule has 0 atom stereocenters. The van der Waals surface area contributed by atoms with E-state index in [9.17, 15) is 0 Å². The molecule has 1 N–H and O–H groups in total.